The van der Waals surface area contributed by atoms with Crippen molar-refractivity contribution >= 4 is 34.2 Å². The van der Waals surface area contributed by atoms with Gasteiger partial charge in [-0.2, -0.15) is 5.26 Å². The molecular formula is C17H14INO2. The normalized spacial score (nSPS) is 11.0. The molecule has 2 rings (SSSR count). The molecule has 0 aliphatic rings. The van der Waals surface area contributed by atoms with E-state index in [2.05, 4.69) is 6.07 Å². The highest BCUT2D eigenvalue weighted by molar-refractivity contribution is 14.1. The molecule has 3 nitrogen and oxygen atoms in total. The fourth-order valence-electron chi connectivity index (χ4n) is 1.91. The van der Waals surface area contributed by atoms with Crippen LogP contribution in [0.3, 0.4) is 0 Å². The van der Waals surface area contributed by atoms with Crippen molar-refractivity contribution in [2.24, 2.45) is 0 Å². The summed E-state index contributed by atoms with van der Waals surface area (Å²) in [6, 6.07) is 13.5. The van der Waals surface area contributed by atoms with E-state index in [0.29, 0.717) is 14.9 Å². The molecule has 106 valence electrons. The number of benzene rings is 2. The number of rotatable bonds is 3. The molecule has 0 saturated heterocycles. The van der Waals surface area contributed by atoms with E-state index in [-0.39, 0.29) is 5.75 Å². The van der Waals surface area contributed by atoms with Crippen molar-refractivity contribution in [3.63, 3.8) is 0 Å². The van der Waals surface area contributed by atoms with E-state index in [1.54, 1.807) is 12.1 Å². The topological polar surface area (TPSA) is 53.2 Å². The number of hydrogen-bond acceptors (Lipinski definition) is 3. The van der Waals surface area contributed by atoms with E-state index < -0.39 is 0 Å². The predicted octanol–water partition coefficient (Wildman–Crippen LogP) is 4.38. The molecule has 0 aromatic heterocycles. The molecule has 0 heterocycles. The van der Waals surface area contributed by atoms with Gasteiger partial charge in [0.25, 0.3) is 0 Å². The SMILES string of the molecule is COc1cc(/C=C(\C#N)c2ccc(C)cc2)cc(I)c1O. The molecule has 21 heavy (non-hydrogen) atoms. The molecular weight excluding hydrogens is 377 g/mol. The third-order valence-electron chi connectivity index (χ3n) is 3.06. The molecule has 0 spiro atoms. The molecule has 0 aliphatic carbocycles. The first-order valence-electron chi connectivity index (χ1n) is 6.30. The van der Waals surface area contributed by atoms with Gasteiger partial charge in [-0.05, 0) is 58.9 Å². The van der Waals surface area contributed by atoms with Gasteiger partial charge in [-0.25, -0.2) is 0 Å². The summed E-state index contributed by atoms with van der Waals surface area (Å²) in [7, 11) is 1.50. The van der Waals surface area contributed by atoms with Crippen LogP contribution in [-0.2, 0) is 0 Å². The minimum Gasteiger partial charge on any atom is -0.504 e. The van der Waals surface area contributed by atoms with Crippen LogP contribution in [0.5, 0.6) is 11.5 Å². The van der Waals surface area contributed by atoms with Gasteiger partial charge in [0.2, 0.25) is 0 Å². The van der Waals surface area contributed by atoms with Gasteiger partial charge in [0, 0.05) is 0 Å². The summed E-state index contributed by atoms with van der Waals surface area (Å²) < 4.78 is 5.82. The number of hydrogen-bond donors (Lipinski definition) is 1. The summed E-state index contributed by atoms with van der Waals surface area (Å²) in [5.74, 6) is 0.512. The lowest BCUT2D eigenvalue weighted by atomic mass is 10.0. The molecule has 2 aromatic carbocycles. The standard InChI is InChI=1S/C17H14INO2/c1-11-3-5-13(6-4-11)14(10-19)7-12-8-15(18)17(20)16(9-12)21-2/h3-9,20H,1-2H3/b14-7+. The van der Waals surface area contributed by atoms with Crippen LogP contribution in [0.2, 0.25) is 0 Å². The van der Waals surface area contributed by atoms with Crippen LogP contribution in [0.4, 0.5) is 0 Å². The molecule has 0 saturated carbocycles. The van der Waals surface area contributed by atoms with E-state index in [1.807, 2.05) is 59.8 Å². The summed E-state index contributed by atoms with van der Waals surface area (Å²) in [5.41, 5.74) is 3.40. The Hall–Kier alpha value is -2.00. The lowest BCUT2D eigenvalue weighted by Crippen LogP contribution is -1.88. The monoisotopic (exact) mass is 391 g/mol. The number of aromatic hydroxyl groups is 1. The van der Waals surface area contributed by atoms with Crippen LogP contribution in [0.1, 0.15) is 16.7 Å². The van der Waals surface area contributed by atoms with Crippen LogP contribution in [-0.4, -0.2) is 12.2 Å². The van der Waals surface area contributed by atoms with Crippen LogP contribution in [0.15, 0.2) is 36.4 Å². The summed E-state index contributed by atoms with van der Waals surface area (Å²) in [5, 5.41) is 19.2. The highest BCUT2D eigenvalue weighted by Crippen LogP contribution is 2.33. The van der Waals surface area contributed by atoms with Crippen LogP contribution in [0, 0.1) is 21.8 Å². The van der Waals surface area contributed by atoms with Gasteiger partial charge in [-0.15, -0.1) is 0 Å². The lowest BCUT2D eigenvalue weighted by molar-refractivity contribution is 0.371. The van der Waals surface area contributed by atoms with Crippen LogP contribution >= 0.6 is 22.6 Å². The Morgan fingerprint density at radius 2 is 1.95 bits per heavy atom. The highest BCUT2D eigenvalue weighted by atomic mass is 127. The van der Waals surface area contributed by atoms with Crippen molar-refractivity contribution in [3.8, 4) is 17.6 Å². The van der Waals surface area contributed by atoms with E-state index >= 15 is 0 Å². The van der Waals surface area contributed by atoms with Crippen molar-refractivity contribution in [2.45, 2.75) is 6.92 Å². The molecule has 0 radical (unpaired) electrons. The van der Waals surface area contributed by atoms with Gasteiger partial charge in [0.1, 0.15) is 0 Å². The summed E-state index contributed by atoms with van der Waals surface area (Å²) >= 11 is 2.03. The van der Waals surface area contributed by atoms with E-state index in [9.17, 15) is 10.4 Å². The molecule has 1 N–H and O–H groups in total. The number of ether oxygens (including phenoxy) is 1. The van der Waals surface area contributed by atoms with Crippen LogP contribution < -0.4 is 4.74 Å². The molecule has 0 fully saturated rings. The van der Waals surface area contributed by atoms with Gasteiger partial charge in [0.15, 0.2) is 11.5 Å². The number of aryl methyl sites for hydroxylation is 1. The van der Waals surface area contributed by atoms with E-state index in [1.165, 1.54) is 7.11 Å². The minimum absolute atomic E-state index is 0.115. The van der Waals surface area contributed by atoms with Crippen molar-refractivity contribution < 1.29 is 9.84 Å². The summed E-state index contributed by atoms with van der Waals surface area (Å²) in [6.45, 7) is 2.01. The maximum Gasteiger partial charge on any atom is 0.171 e. The third kappa shape index (κ3) is 3.56. The largest absolute Gasteiger partial charge is 0.504 e. The average molecular weight is 391 g/mol. The first kappa shape index (κ1) is 15.4. The lowest BCUT2D eigenvalue weighted by Gasteiger charge is -2.07. The Bertz CT molecular complexity index is 728. The van der Waals surface area contributed by atoms with E-state index in [4.69, 9.17) is 4.74 Å². The number of halogens is 1. The number of allylic oxidation sites excluding steroid dienone is 1. The van der Waals surface area contributed by atoms with Gasteiger partial charge < -0.3 is 9.84 Å². The Kier molecular flexibility index (Phi) is 4.86. The number of nitriles is 1. The second-order valence-corrected chi connectivity index (χ2v) is 5.75. The van der Waals surface area contributed by atoms with Crippen LogP contribution in [0.25, 0.3) is 11.6 Å². The van der Waals surface area contributed by atoms with Crippen molar-refractivity contribution in [1.82, 2.24) is 0 Å². The first-order valence-corrected chi connectivity index (χ1v) is 7.38. The minimum atomic E-state index is 0.115. The second kappa shape index (κ2) is 6.64. The van der Waals surface area contributed by atoms with Gasteiger partial charge >= 0.3 is 0 Å². The molecule has 0 unspecified atom stereocenters. The van der Waals surface area contributed by atoms with Crippen molar-refractivity contribution in [3.05, 3.63) is 56.7 Å². The molecule has 0 atom stereocenters. The number of methoxy groups -OCH3 is 1. The first-order chi connectivity index (χ1) is 10.0. The van der Waals surface area contributed by atoms with Gasteiger partial charge in [-0.1, -0.05) is 29.8 Å². The Labute approximate surface area is 137 Å². The van der Waals surface area contributed by atoms with Crippen molar-refractivity contribution in [1.29, 1.82) is 5.26 Å². The molecule has 0 bridgehead atoms. The average Bonchev–Trinajstić information content (AvgIpc) is 2.49. The molecule has 0 aliphatic heterocycles. The van der Waals surface area contributed by atoms with E-state index in [0.717, 1.165) is 16.7 Å². The zero-order valence-electron chi connectivity index (χ0n) is 11.7. The number of phenolic OH excluding ortho intramolecular Hbond substituents is 1. The van der Waals surface area contributed by atoms with Gasteiger partial charge in [-0.3, -0.25) is 0 Å². The smallest absolute Gasteiger partial charge is 0.171 e. The number of nitrogens with zero attached hydrogens (tertiary/aromatic N) is 1. The fraction of sp³-hybridized carbons (Fsp3) is 0.118. The Balaban J connectivity index is 2.48. The predicted molar refractivity (Wildman–Crippen MR) is 92.0 cm³/mol. The maximum absolute atomic E-state index is 9.84. The maximum atomic E-state index is 9.84. The summed E-state index contributed by atoms with van der Waals surface area (Å²) in [6.07, 6.45) is 1.79. The zero-order chi connectivity index (χ0) is 15.4. The second-order valence-electron chi connectivity index (χ2n) is 4.59. The highest BCUT2D eigenvalue weighted by Gasteiger charge is 2.08. The Morgan fingerprint density at radius 3 is 2.52 bits per heavy atom. The molecule has 2 aromatic rings. The quantitative estimate of drug-likeness (QED) is 0.480. The zero-order valence-corrected chi connectivity index (χ0v) is 13.9. The van der Waals surface area contributed by atoms with Gasteiger partial charge in [0.05, 0.1) is 22.3 Å². The third-order valence-corrected chi connectivity index (χ3v) is 3.89. The number of phenols is 1. The van der Waals surface area contributed by atoms with Crippen molar-refractivity contribution in [2.75, 3.05) is 7.11 Å². The Morgan fingerprint density at radius 1 is 1.29 bits per heavy atom. The fourth-order valence-corrected chi connectivity index (χ4v) is 2.54. The summed E-state index contributed by atoms with van der Waals surface area (Å²) in [4.78, 5) is 0. The molecule has 4 heteroatoms. The molecule has 0 amide bonds.